The van der Waals surface area contributed by atoms with Crippen molar-refractivity contribution in [1.29, 1.82) is 0 Å². The third kappa shape index (κ3) is 6.45. The van der Waals surface area contributed by atoms with Crippen molar-refractivity contribution in [3.63, 3.8) is 0 Å². The predicted molar refractivity (Wildman–Crippen MR) is 63.0 cm³/mol. The van der Waals surface area contributed by atoms with Crippen molar-refractivity contribution < 1.29 is 21.8 Å². The van der Waals surface area contributed by atoms with E-state index in [0.717, 1.165) is 4.90 Å². The van der Waals surface area contributed by atoms with Gasteiger partial charge in [0.25, 0.3) is 0 Å². The van der Waals surface area contributed by atoms with Crippen molar-refractivity contribution in [3.05, 3.63) is 0 Å². The van der Waals surface area contributed by atoms with Crippen LogP contribution in [-0.2, 0) is 15.0 Å². The minimum atomic E-state index is -4.65. The van der Waals surface area contributed by atoms with Crippen molar-refractivity contribution in [1.82, 2.24) is 4.90 Å². The maximum atomic E-state index is 12.6. The van der Waals surface area contributed by atoms with E-state index < -0.39 is 33.2 Å². The number of amides is 1. The molecule has 0 aromatic carbocycles. The van der Waals surface area contributed by atoms with Gasteiger partial charge in [0, 0.05) is 7.05 Å². The summed E-state index contributed by atoms with van der Waals surface area (Å²) in [5, 5.41) is 0. The van der Waals surface area contributed by atoms with Gasteiger partial charge in [-0.2, -0.15) is 8.42 Å². The van der Waals surface area contributed by atoms with Crippen LogP contribution in [0.15, 0.2) is 0 Å². The fraction of sp³-hybridized carbons (Fsp3) is 0.900. The Kier molecular flexibility index (Phi) is 4.56. The molecule has 0 saturated heterocycles. The fourth-order valence-corrected chi connectivity index (χ4v) is 2.13. The number of carbonyl (C=O) groups excluding carboxylic acids is 1. The maximum Gasteiger partial charge on any atom is 0.410 e. The second kappa shape index (κ2) is 4.80. The molecule has 1 amide bonds. The van der Waals surface area contributed by atoms with Crippen molar-refractivity contribution in [2.24, 2.45) is 0 Å². The van der Waals surface area contributed by atoms with Crippen LogP contribution < -0.4 is 0 Å². The highest BCUT2D eigenvalue weighted by Crippen LogP contribution is 2.19. The summed E-state index contributed by atoms with van der Waals surface area (Å²) >= 11 is 0. The predicted octanol–water partition coefficient (Wildman–Crippen LogP) is 1.93. The lowest BCUT2D eigenvalue weighted by Crippen LogP contribution is -2.50. The third-order valence-corrected chi connectivity index (χ3v) is 3.15. The Balaban J connectivity index is 4.80. The van der Waals surface area contributed by atoms with E-state index >= 15 is 0 Å². The first-order valence-electron chi connectivity index (χ1n) is 5.14. The number of ether oxygens (including phenoxy) is 1. The zero-order valence-electron chi connectivity index (χ0n) is 11.1. The number of halogens is 1. The molecule has 0 aliphatic carbocycles. The summed E-state index contributed by atoms with van der Waals surface area (Å²) in [6.45, 7) is 7.98. The summed E-state index contributed by atoms with van der Waals surface area (Å²) in [6.07, 6.45) is -0.689. The van der Waals surface area contributed by atoms with Crippen molar-refractivity contribution >= 4 is 16.3 Å². The Morgan fingerprint density at radius 1 is 1.24 bits per heavy atom. The van der Waals surface area contributed by atoms with Crippen LogP contribution >= 0.6 is 0 Å². The molecule has 0 atom stereocenters. The zero-order chi connectivity index (χ0) is 14.1. The highest BCUT2D eigenvalue weighted by Gasteiger charge is 2.35. The number of rotatable bonds is 3. The lowest BCUT2D eigenvalue weighted by Gasteiger charge is -2.35. The van der Waals surface area contributed by atoms with Crippen LogP contribution in [0.5, 0.6) is 0 Å². The summed E-state index contributed by atoms with van der Waals surface area (Å²) in [6, 6.07) is 0. The van der Waals surface area contributed by atoms with Gasteiger partial charge in [-0.3, -0.25) is 0 Å². The van der Waals surface area contributed by atoms with Crippen LogP contribution in [0.1, 0.15) is 34.6 Å². The molecule has 7 heteroatoms. The molecule has 0 bridgehead atoms. The Morgan fingerprint density at radius 2 is 1.65 bits per heavy atom. The van der Waals surface area contributed by atoms with Crippen LogP contribution in [0.4, 0.5) is 8.68 Å². The smallest absolute Gasteiger partial charge is 0.410 e. The molecule has 0 aliphatic heterocycles. The Morgan fingerprint density at radius 3 is 1.94 bits per heavy atom. The fourth-order valence-electron chi connectivity index (χ4n) is 1.10. The molecule has 5 nitrogen and oxygen atoms in total. The molecule has 0 aromatic rings. The summed E-state index contributed by atoms with van der Waals surface area (Å²) in [5.41, 5.74) is -1.86. The molecule has 0 aliphatic rings. The van der Waals surface area contributed by atoms with Gasteiger partial charge in [0.15, 0.2) is 0 Å². The van der Waals surface area contributed by atoms with Gasteiger partial charge in [-0.15, -0.1) is 3.89 Å². The second-order valence-corrected chi connectivity index (χ2v) is 6.90. The van der Waals surface area contributed by atoms with E-state index in [2.05, 4.69) is 0 Å². The molecular formula is C10H20FNO4S. The maximum absolute atomic E-state index is 12.6. The first-order chi connectivity index (χ1) is 7.25. The van der Waals surface area contributed by atoms with Crippen molar-refractivity contribution in [3.8, 4) is 0 Å². The Hall–Kier alpha value is -0.850. The topological polar surface area (TPSA) is 63.7 Å². The van der Waals surface area contributed by atoms with Crippen molar-refractivity contribution in [2.45, 2.75) is 45.8 Å². The van der Waals surface area contributed by atoms with Crippen LogP contribution in [0.2, 0.25) is 0 Å². The normalized spacial score (nSPS) is 13.4. The van der Waals surface area contributed by atoms with Gasteiger partial charge < -0.3 is 9.64 Å². The third-order valence-electron chi connectivity index (χ3n) is 2.10. The summed E-state index contributed by atoms with van der Waals surface area (Å²) in [4.78, 5) is 12.8. The highest BCUT2D eigenvalue weighted by atomic mass is 32.3. The average molecular weight is 269 g/mol. The molecule has 102 valence electrons. The first-order valence-corrected chi connectivity index (χ1v) is 6.69. The van der Waals surface area contributed by atoms with Gasteiger partial charge in [0.05, 0.1) is 5.54 Å². The van der Waals surface area contributed by atoms with E-state index in [1.54, 1.807) is 20.8 Å². The highest BCUT2D eigenvalue weighted by molar-refractivity contribution is 7.86. The van der Waals surface area contributed by atoms with Gasteiger partial charge >= 0.3 is 16.3 Å². The summed E-state index contributed by atoms with van der Waals surface area (Å²) in [7, 11) is -3.28. The average Bonchev–Trinajstić information content (AvgIpc) is 1.94. The lowest BCUT2D eigenvalue weighted by atomic mass is 10.1. The number of nitrogens with zero attached hydrogens (tertiary/aromatic N) is 1. The lowest BCUT2D eigenvalue weighted by molar-refractivity contribution is 0.0143. The van der Waals surface area contributed by atoms with E-state index in [1.165, 1.54) is 20.9 Å². The van der Waals surface area contributed by atoms with E-state index in [-0.39, 0.29) is 0 Å². The minimum Gasteiger partial charge on any atom is -0.444 e. The first kappa shape index (κ1) is 16.1. The molecule has 0 heterocycles. The molecular weight excluding hydrogens is 249 g/mol. The monoisotopic (exact) mass is 269 g/mol. The molecule has 0 radical (unpaired) electrons. The van der Waals surface area contributed by atoms with Gasteiger partial charge in [-0.25, -0.2) is 4.79 Å². The molecule has 17 heavy (non-hydrogen) atoms. The molecule has 0 fully saturated rings. The number of hydrogen-bond donors (Lipinski definition) is 0. The molecule has 0 saturated carbocycles. The second-order valence-electron chi connectivity index (χ2n) is 5.53. The molecule has 0 N–H and O–H groups in total. The van der Waals surface area contributed by atoms with Crippen molar-refractivity contribution in [2.75, 3.05) is 12.8 Å². The molecule has 0 spiro atoms. The molecule has 0 rings (SSSR count). The summed E-state index contributed by atoms with van der Waals surface area (Å²) in [5.74, 6) is -0.768. The van der Waals surface area contributed by atoms with Crippen LogP contribution in [-0.4, -0.2) is 43.4 Å². The SMILES string of the molecule is CN(C(=O)OC(C)(C)C)C(C)(C)CS(=O)(=O)F. The van der Waals surface area contributed by atoms with Crippen LogP contribution in [0, 0.1) is 0 Å². The zero-order valence-corrected chi connectivity index (χ0v) is 11.9. The van der Waals surface area contributed by atoms with Crippen LogP contribution in [0.3, 0.4) is 0 Å². The van der Waals surface area contributed by atoms with E-state index in [0.29, 0.717) is 0 Å². The van der Waals surface area contributed by atoms with Gasteiger partial charge in [0.1, 0.15) is 11.4 Å². The van der Waals surface area contributed by atoms with Gasteiger partial charge in [-0.1, -0.05) is 0 Å². The van der Waals surface area contributed by atoms with Crippen LogP contribution in [0.25, 0.3) is 0 Å². The van der Waals surface area contributed by atoms with Gasteiger partial charge in [0.2, 0.25) is 0 Å². The van der Waals surface area contributed by atoms with E-state index in [1.807, 2.05) is 0 Å². The van der Waals surface area contributed by atoms with Gasteiger partial charge in [-0.05, 0) is 34.6 Å². The number of carbonyl (C=O) groups is 1. The Labute approximate surface area is 102 Å². The largest absolute Gasteiger partial charge is 0.444 e. The summed E-state index contributed by atoms with van der Waals surface area (Å²) < 4.78 is 38.9. The molecule has 0 unspecified atom stereocenters. The molecule has 0 aromatic heterocycles. The minimum absolute atomic E-state index is 0.685. The van der Waals surface area contributed by atoms with E-state index in [9.17, 15) is 17.1 Å². The standard InChI is InChI=1S/C10H20FNO4S/c1-9(2,3)16-8(13)12(6)10(4,5)7-17(11,14)15/h7H2,1-6H3. The van der Waals surface area contributed by atoms with E-state index in [4.69, 9.17) is 4.74 Å². The number of hydrogen-bond acceptors (Lipinski definition) is 4. The quantitative estimate of drug-likeness (QED) is 0.734. The Bertz CT molecular complexity index is 384.